The number of aryl methyl sites for hydroxylation is 1. The predicted molar refractivity (Wildman–Crippen MR) is 67.3 cm³/mol. The van der Waals surface area contributed by atoms with E-state index in [9.17, 15) is 0 Å². The summed E-state index contributed by atoms with van der Waals surface area (Å²) in [5.74, 6) is 0. The van der Waals surface area contributed by atoms with Crippen LogP contribution in [0.1, 0.15) is 19.8 Å². The van der Waals surface area contributed by atoms with Crippen LogP contribution in [-0.4, -0.2) is 22.4 Å². The van der Waals surface area contributed by atoms with Crippen molar-refractivity contribution in [3.63, 3.8) is 0 Å². The number of hydrogen-bond acceptors (Lipinski definition) is 3. The lowest BCUT2D eigenvalue weighted by Crippen LogP contribution is -2.29. The molecule has 0 aliphatic heterocycles. The van der Waals surface area contributed by atoms with Crippen molar-refractivity contribution in [2.24, 2.45) is 0 Å². The lowest BCUT2D eigenvalue weighted by molar-refractivity contribution is 0.493. The van der Waals surface area contributed by atoms with Gasteiger partial charge in [0.25, 0.3) is 0 Å². The molecule has 0 bridgehead atoms. The number of nitrogens with one attached hydrogen (secondary N) is 1. The summed E-state index contributed by atoms with van der Waals surface area (Å²) in [5, 5.41) is 16.3. The van der Waals surface area contributed by atoms with Gasteiger partial charge in [0.2, 0.25) is 0 Å². The Morgan fingerprint density at radius 1 is 1.73 bits per heavy atom. The zero-order valence-electron chi connectivity index (χ0n) is 8.78. The molecule has 1 rings (SSSR count). The molecule has 0 saturated heterocycles. The first-order valence-electron chi connectivity index (χ1n) is 5.07. The van der Waals surface area contributed by atoms with Gasteiger partial charge in [-0.05, 0) is 42.0 Å². The molecule has 0 spiro atoms. The quantitative estimate of drug-likeness (QED) is 0.814. The summed E-state index contributed by atoms with van der Waals surface area (Å²) in [7, 11) is 0. The Bertz CT molecular complexity index is 328. The number of aromatic nitrogens is 2. The Morgan fingerprint density at radius 3 is 3.07 bits per heavy atom. The monoisotopic (exact) mass is 318 g/mol. The van der Waals surface area contributed by atoms with E-state index < -0.39 is 0 Å². The van der Waals surface area contributed by atoms with Crippen LogP contribution in [-0.2, 0) is 6.54 Å². The van der Waals surface area contributed by atoms with Gasteiger partial charge >= 0.3 is 0 Å². The minimum atomic E-state index is -0.0631. The zero-order chi connectivity index (χ0) is 11.1. The Morgan fingerprint density at radius 2 is 2.53 bits per heavy atom. The lowest BCUT2D eigenvalue weighted by Gasteiger charge is -2.10. The molecule has 1 unspecified atom stereocenters. The summed E-state index contributed by atoms with van der Waals surface area (Å²) in [6.45, 7) is 3.78. The maximum Gasteiger partial charge on any atom is 0.0970 e. The highest BCUT2D eigenvalue weighted by atomic mass is 127. The van der Waals surface area contributed by atoms with E-state index in [0.717, 1.165) is 29.5 Å². The molecule has 0 radical (unpaired) electrons. The van der Waals surface area contributed by atoms with Crippen molar-refractivity contribution in [3.05, 3.63) is 16.0 Å². The van der Waals surface area contributed by atoms with E-state index in [0.29, 0.717) is 0 Å². The highest BCUT2D eigenvalue weighted by molar-refractivity contribution is 14.1. The number of rotatable bonds is 6. The van der Waals surface area contributed by atoms with Crippen molar-refractivity contribution in [1.29, 1.82) is 5.26 Å². The first-order valence-corrected chi connectivity index (χ1v) is 6.15. The first kappa shape index (κ1) is 12.5. The summed E-state index contributed by atoms with van der Waals surface area (Å²) in [6, 6.07) is 2.20. The second-order valence-corrected chi connectivity index (χ2v) is 4.59. The molecule has 0 aliphatic rings. The smallest absolute Gasteiger partial charge is 0.0970 e. The zero-order valence-corrected chi connectivity index (χ0v) is 10.9. The van der Waals surface area contributed by atoms with Crippen LogP contribution in [0.4, 0.5) is 0 Å². The third kappa shape index (κ3) is 4.62. The van der Waals surface area contributed by atoms with Crippen molar-refractivity contribution < 1.29 is 0 Å². The third-order valence-electron chi connectivity index (χ3n) is 2.05. The molecular formula is C10H15IN4. The van der Waals surface area contributed by atoms with E-state index in [1.807, 2.05) is 17.1 Å². The van der Waals surface area contributed by atoms with E-state index in [-0.39, 0.29) is 6.04 Å². The third-order valence-corrected chi connectivity index (χ3v) is 2.60. The highest BCUT2D eigenvalue weighted by Crippen LogP contribution is 2.02. The Labute approximate surface area is 104 Å². The molecule has 0 fully saturated rings. The maximum atomic E-state index is 8.89. The normalized spacial score (nSPS) is 12.3. The fourth-order valence-electron chi connectivity index (χ4n) is 1.25. The molecule has 82 valence electrons. The summed E-state index contributed by atoms with van der Waals surface area (Å²) in [6.07, 6.45) is 5.66. The van der Waals surface area contributed by atoms with Crippen molar-refractivity contribution in [1.82, 2.24) is 15.1 Å². The molecule has 1 N–H and O–H groups in total. The molecule has 5 heteroatoms. The summed E-state index contributed by atoms with van der Waals surface area (Å²) in [4.78, 5) is 0. The fraction of sp³-hybridized carbons (Fsp3) is 0.600. The Balaban J connectivity index is 2.31. The topological polar surface area (TPSA) is 53.6 Å². The van der Waals surface area contributed by atoms with Gasteiger partial charge in [0.15, 0.2) is 0 Å². The summed E-state index contributed by atoms with van der Waals surface area (Å²) in [5.41, 5.74) is 0. The van der Waals surface area contributed by atoms with Gasteiger partial charge in [0.1, 0.15) is 0 Å². The highest BCUT2D eigenvalue weighted by Gasteiger charge is 2.06. The summed E-state index contributed by atoms with van der Waals surface area (Å²) >= 11 is 2.23. The Kier molecular flexibility index (Phi) is 5.65. The number of hydrogen-bond donors (Lipinski definition) is 1. The molecule has 4 nitrogen and oxygen atoms in total. The van der Waals surface area contributed by atoms with Gasteiger partial charge < -0.3 is 5.32 Å². The van der Waals surface area contributed by atoms with Gasteiger partial charge in [0, 0.05) is 12.7 Å². The Hall–Kier alpha value is -0.610. The molecule has 0 amide bonds. The van der Waals surface area contributed by atoms with Crippen molar-refractivity contribution in [2.75, 3.05) is 6.54 Å². The first-order chi connectivity index (χ1) is 7.26. The second kappa shape index (κ2) is 6.80. The number of nitriles is 1. The van der Waals surface area contributed by atoms with Crippen LogP contribution < -0.4 is 5.32 Å². The van der Waals surface area contributed by atoms with Gasteiger partial charge in [-0.1, -0.05) is 6.92 Å². The van der Waals surface area contributed by atoms with Crippen LogP contribution in [0.25, 0.3) is 0 Å². The molecular weight excluding hydrogens is 303 g/mol. The van der Waals surface area contributed by atoms with Crippen LogP contribution in [0.5, 0.6) is 0 Å². The molecule has 1 aromatic rings. The van der Waals surface area contributed by atoms with Crippen LogP contribution in [0.2, 0.25) is 0 Å². The van der Waals surface area contributed by atoms with Gasteiger partial charge in [-0.25, -0.2) is 0 Å². The molecule has 0 saturated carbocycles. The van der Waals surface area contributed by atoms with Crippen LogP contribution >= 0.6 is 22.6 Å². The van der Waals surface area contributed by atoms with Gasteiger partial charge in [-0.15, -0.1) is 0 Å². The minimum Gasteiger partial charge on any atom is -0.302 e. The van der Waals surface area contributed by atoms with E-state index in [4.69, 9.17) is 5.26 Å². The van der Waals surface area contributed by atoms with Crippen LogP contribution in [0.15, 0.2) is 12.4 Å². The average molecular weight is 318 g/mol. The van der Waals surface area contributed by atoms with Gasteiger partial charge in [0.05, 0.1) is 21.9 Å². The van der Waals surface area contributed by atoms with E-state index in [1.54, 1.807) is 0 Å². The lowest BCUT2D eigenvalue weighted by atomic mass is 10.2. The second-order valence-electron chi connectivity index (χ2n) is 3.35. The molecule has 0 aliphatic carbocycles. The molecule has 1 heterocycles. The molecule has 1 aromatic heterocycles. The van der Waals surface area contributed by atoms with Gasteiger partial charge in [-0.2, -0.15) is 10.4 Å². The van der Waals surface area contributed by atoms with Crippen molar-refractivity contribution >= 4 is 22.6 Å². The maximum absolute atomic E-state index is 8.89. The summed E-state index contributed by atoms with van der Waals surface area (Å²) < 4.78 is 3.00. The SMILES string of the molecule is CCCNC(C#N)CCn1cc(I)cn1. The van der Waals surface area contributed by atoms with Crippen LogP contribution in [0.3, 0.4) is 0 Å². The molecule has 15 heavy (non-hydrogen) atoms. The van der Waals surface area contributed by atoms with Crippen molar-refractivity contribution in [2.45, 2.75) is 32.4 Å². The average Bonchev–Trinajstić information content (AvgIpc) is 2.65. The van der Waals surface area contributed by atoms with Crippen molar-refractivity contribution in [3.8, 4) is 6.07 Å². The number of halogens is 1. The van der Waals surface area contributed by atoms with Crippen LogP contribution in [0, 0.1) is 14.9 Å². The minimum absolute atomic E-state index is 0.0631. The fourth-order valence-corrected chi connectivity index (χ4v) is 1.70. The van der Waals surface area contributed by atoms with E-state index >= 15 is 0 Å². The predicted octanol–water partition coefficient (Wildman–Crippen LogP) is 1.77. The molecule has 0 aromatic carbocycles. The van der Waals surface area contributed by atoms with Gasteiger partial charge in [-0.3, -0.25) is 4.68 Å². The van der Waals surface area contributed by atoms with E-state index in [2.05, 4.69) is 46.0 Å². The molecule has 1 atom stereocenters. The number of nitrogens with zero attached hydrogens (tertiary/aromatic N) is 3. The standard InChI is InChI=1S/C10H15IN4/c1-2-4-13-10(6-12)3-5-15-8-9(11)7-14-15/h7-8,10,13H,2-5H2,1H3. The largest absolute Gasteiger partial charge is 0.302 e. The van der Waals surface area contributed by atoms with E-state index in [1.165, 1.54) is 0 Å².